The number of nitrogens with one attached hydrogen (secondary N) is 1. The molecular weight excluding hydrogens is 336 g/mol. The third-order valence-electron chi connectivity index (χ3n) is 4.64. The Hall–Kier alpha value is -2.04. The lowest BCUT2D eigenvalue weighted by molar-refractivity contribution is -0.121. The zero-order chi connectivity index (χ0) is 17.8. The molecule has 0 saturated heterocycles. The number of hydrogen-bond donors (Lipinski definition) is 2. The van der Waals surface area contributed by atoms with Crippen LogP contribution < -0.4 is 10.2 Å². The van der Waals surface area contributed by atoms with E-state index < -0.39 is 6.10 Å². The van der Waals surface area contributed by atoms with Crippen molar-refractivity contribution in [1.29, 1.82) is 0 Å². The van der Waals surface area contributed by atoms with Gasteiger partial charge in [-0.15, -0.1) is 0 Å². The molecule has 0 aliphatic carbocycles. The van der Waals surface area contributed by atoms with E-state index in [1.54, 1.807) is 0 Å². The number of anilines is 1. The lowest BCUT2D eigenvalue weighted by Crippen LogP contribution is -2.28. The number of nitrogens with zero attached hydrogens (tertiary/aromatic N) is 1. The quantitative estimate of drug-likeness (QED) is 0.834. The molecule has 0 bridgehead atoms. The minimum absolute atomic E-state index is 0.0695. The SMILES string of the molecule is CN1CCc2cc([C@@H](O)CNC(=O)CCc3cccc(Cl)c3)ccc21. The van der Waals surface area contributed by atoms with Crippen molar-refractivity contribution in [2.45, 2.75) is 25.4 Å². The number of aryl methyl sites for hydroxylation is 1. The molecule has 0 unspecified atom stereocenters. The van der Waals surface area contributed by atoms with E-state index in [-0.39, 0.29) is 12.5 Å². The summed E-state index contributed by atoms with van der Waals surface area (Å²) in [6, 6.07) is 13.5. The largest absolute Gasteiger partial charge is 0.387 e. The highest BCUT2D eigenvalue weighted by atomic mass is 35.5. The number of carbonyl (C=O) groups is 1. The van der Waals surface area contributed by atoms with Crippen molar-refractivity contribution in [1.82, 2.24) is 5.32 Å². The maximum absolute atomic E-state index is 12.0. The molecule has 132 valence electrons. The Balaban J connectivity index is 1.48. The summed E-state index contributed by atoms with van der Waals surface area (Å²) < 4.78 is 0. The van der Waals surface area contributed by atoms with Gasteiger partial charge in [0.25, 0.3) is 0 Å². The molecule has 4 nitrogen and oxygen atoms in total. The maximum Gasteiger partial charge on any atom is 0.220 e. The highest BCUT2D eigenvalue weighted by Gasteiger charge is 2.18. The molecule has 0 radical (unpaired) electrons. The number of carbonyl (C=O) groups excluding carboxylic acids is 1. The monoisotopic (exact) mass is 358 g/mol. The van der Waals surface area contributed by atoms with Crippen LogP contribution in [0.1, 0.15) is 29.2 Å². The number of amides is 1. The predicted molar refractivity (Wildman–Crippen MR) is 101 cm³/mol. The topological polar surface area (TPSA) is 52.6 Å². The summed E-state index contributed by atoms with van der Waals surface area (Å²) in [5, 5.41) is 13.8. The van der Waals surface area contributed by atoms with Gasteiger partial charge in [-0.2, -0.15) is 0 Å². The van der Waals surface area contributed by atoms with E-state index in [0.29, 0.717) is 17.9 Å². The fourth-order valence-electron chi connectivity index (χ4n) is 3.16. The van der Waals surface area contributed by atoms with Crippen LogP contribution in [0.4, 0.5) is 5.69 Å². The van der Waals surface area contributed by atoms with Gasteiger partial charge in [0.05, 0.1) is 6.10 Å². The third-order valence-corrected chi connectivity index (χ3v) is 4.87. The van der Waals surface area contributed by atoms with E-state index >= 15 is 0 Å². The second-order valence-corrected chi connectivity index (χ2v) is 6.95. The molecule has 1 amide bonds. The van der Waals surface area contributed by atoms with Gasteiger partial charge < -0.3 is 15.3 Å². The first kappa shape index (κ1) is 17.8. The van der Waals surface area contributed by atoms with Crippen LogP contribution in [-0.4, -0.2) is 31.2 Å². The molecule has 3 rings (SSSR count). The van der Waals surface area contributed by atoms with E-state index in [1.807, 2.05) is 42.5 Å². The van der Waals surface area contributed by atoms with Crippen LogP contribution in [0.3, 0.4) is 0 Å². The van der Waals surface area contributed by atoms with Crippen molar-refractivity contribution in [2.75, 3.05) is 25.0 Å². The minimum Gasteiger partial charge on any atom is -0.387 e. The van der Waals surface area contributed by atoms with Crippen molar-refractivity contribution in [3.63, 3.8) is 0 Å². The van der Waals surface area contributed by atoms with Crippen molar-refractivity contribution in [3.8, 4) is 0 Å². The second kappa shape index (κ2) is 7.89. The smallest absolute Gasteiger partial charge is 0.220 e. The lowest BCUT2D eigenvalue weighted by Gasteiger charge is -2.15. The summed E-state index contributed by atoms with van der Waals surface area (Å²) in [4.78, 5) is 14.2. The first-order valence-corrected chi connectivity index (χ1v) is 8.94. The van der Waals surface area contributed by atoms with Crippen LogP contribution in [0.5, 0.6) is 0 Å². The van der Waals surface area contributed by atoms with E-state index in [1.165, 1.54) is 11.3 Å². The summed E-state index contributed by atoms with van der Waals surface area (Å²) in [7, 11) is 2.07. The predicted octanol–water partition coefficient (Wildman–Crippen LogP) is 3.11. The van der Waals surface area contributed by atoms with Gasteiger partial charge in [-0.05, 0) is 47.7 Å². The summed E-state index contributed by atoms with van der Waals surface area (Å²) in [6.07, 6.45) is 1.32. The Kier molecular flexibility index (Phi) is 5.61. The average molecular weight is 359 g/mol. The van der Waals surface area contributed by atoms with Crippen LogP contribution in [-0.2, 0) is 17.6 Å². The number of likely N-dealkylation sites (N-methyl/N-ethyl adjacent to an activating group) is 1. The van der Waals surface area contributed by atoms with Crippen LogP contribution in [0, 0.1) is 0 Å². The zero-order valence-electron chi connectivity index (χ0n) is 14.3. The molecule has 1 aliphatic rings. The van der Waals surface area contributed by atoms with Crippen LogP contribution in [0.25, 0.3) is 0 Å². The Morgan fingerprint density at radius 2 is 2.16 bits per heavy atom. The minimum atomic E-state index is -0.689. The maximum atomic E-state index is 12.0. The molecule has 0 spiro atoms. The molecule has 2 N–H and O–H groups in total. The van der Waals surface area contributed by atoms with Crippen molar-refractivity contribution in [2.24, 2.45) is 0 Å². The lowest BCUT2D eigenvalue weighted by atomic mass is 10.0. The van der Waals surface area contributed by atoms with Gasteiger partial charge in [0.15, 0.2) is 0 Å². The summed E-state index contributed by atoms with van der Waals surface area (Å²) in [5.41, 5.74) is 4.36. The Morgan fingerprint density at radius 3 is 2.96 bits per heavy atom. The average Bonchev–Trinajstić information content (AvgIpc) is 2.98. The third kappa shape index (κ3) is 4.53. The normalized spacial score (nSPS) is 14.3. The molecule has 5 heteroatoms. The van der Waals surface area contributed by atoms with Crippen molar-refractivity contribution >= 4 is 23.2 Å². The fourth-order valence-corrected chi connectivity index (χ4v) is 3.37. The highest BCUT2D eigenvalue weighted by Crippen LogP contribution is 2.29. The van der Waals surface area contributed by atoms with Gasteiger partial charge in [-0.25, -0.2) is 0 Å². The molecule has 2 aromatic carbocycles. The molecule has 1 atom stereocenters. The summed E-state index contributed by atoms with van der Waals surface area (Å²) >= 11 is 5.94. The number of hydrogen-bond acceptors (Lipinski definition) is 3. The Bertz CT molecular complexity index is 763. The molecule has 25 heavy (non-hydrogen) atoms. The van der Waals surface area contributed by atoms with Gasteiger partial charge in [0, 0.05) is 37.3 Å². The van der Waals surface area contributed by atoms with Crippen molar-refractivity contribution in [3.05, 3.63) is 64.2 Å². The van der Waals surface area contributed by atoms with Gasteiger partial charge in [0.1, 0.15) is 0 Å². The number of rotatable bonds is 6. The zero-order valence-corrected chi connectivity index (χ0v) is 15.1. The number of aliphatic hydroxyl groups is 1. The first-order chi connectivity index (χ1) is 12.0. The second-order valence-electron chi connectivity index (χ2n) is 6.51. The van der Waals surface area contributed by atoms with Gasteiger partial charge in [-0.3, -0.25) is 4.79 Å². The van der Waals surface area contributed by atoms with E-state index in [2.05, 4.69) is 17.3 Å². The van der Waals surface area contributed by atoms with E-state index in [0.717, 1.165) is 24.1 Å². The number of aliphatic hydroxyl groups excluding tert-OH is 1. The van der Waals surface area contributed by atoms with E-state index in [4.69, 9.17) is 11.6 Å². The summed E-state index contributed by atoms with van der Waals surface area (Å²) in [6.45, 7) is 1.23. The first-order valence-electron chi connectivity index (χ1n) is 8.56. The van der Waals surface area contributed by atoms with Crippen LogP contribution >= 0.6 is 11.6 Å². The van der Waals surface area contributed by atoms with Gasteiger partial charge in [-0.1, -0.05) is 35.9 Å². The fraction of sp³-hybridized carbons (Fsp3) is 0.350. The molecule has 0 fully saturated rings. The van der Waals surface area contributed by atoms with Crippen molar-refractivity contribution < 1.29 is 9.90 Å². The summed E-state index contributed by atoms with van der Waals surface area (Å²) in [5.74, 6) is -0.0695. The number of benzene rings is 2. The standard InChI is InChI=1S/C20H23ClN2O2/c1-23-10-9-15-12-16(6-7-18(15)23)19(24)13-22-20(25)8-5-14-3-2-4-17(21)11-14/h2-4,6-7,11-12,19,24H,5,8-10,13H2,1H3,(H,22,25)/t19-/m0/s1. The van der Waals surface area contributed by atoms with Gasteiger partial charge >= 0.3 is 0 Å². The van der Waals surface area contributed by atoms with Crippen LogP contribution in [0.15, 0.2) is 42.5 Å². The molecule has 1 aliphatic heterocycles. The van der Waals surface area contributed by atoms with E-state index in [9.17, 15) is 9.90 Å². The molecule has 0 saturated carbocycles. The van der Waals surface area contributed by atoms with Gasteiger partial charge in [0.2, 0.25) is 5.91 Å². The molecule has 1 heterocycles. The van der Waals surface area contributed by atoms with Crippen LogP contribution in [0.2, 0.25) is 5.02 Å². The number of fused-ring (bicyclic) bond motifs is 1. The molecular formula is C20H23ClN2O2. The number of halogens is 1. The highest BCUT2D eigenvalue weighted by molar-refractivity contribution is 6.30. The Labute approximate surface area is 153 Å². The molecule has 2 aromatic rings. The Morgan fingerprint density at radius 1 is 1.32 bits per heavy atom. The molecule has 0 aromatic heterocycles.